The number of amides is 1. The Labute approximate surface area is 147 Å². The summed E-state index contributed by atoms with van der Waals surface area (Å²) in [4.78, 5) is 25.4. The van der Waals surface area contributed by atoms with Gasteiger partial charge >= 0.3 is 5.97 Å². The van der Waals surface area contributed by atoms with Gasteiger partial charge in [0.15, 0.2) is 0 Å². The number of sulfonamides is 1. The van der Waals surface area contributed by atoms with Gasteiger partial charge in [-0.05, 0) is 49.4 Å². The normalized spacial score (nSPS) is 21.0. The van der Waals surface area contributed by atoms with Crippen molar-refractivity contribution in [2.45, 2.75) is 43.5 Å². The van der Waals surface area contributed by atoms with Crippen LogP contribution in [-0.4, -0.2) is 50.8 Å². The summed E-state index contributed by atoms with van der Waals surface area (Å²) in [6.07, 6.45) is 2.60. The number of hydrogen-bond acceptors (Lipinski definition) is 5. The summed E-state index contributed by atoms with van der Waals surface area (Å²) in [6.45, 7) is 2.36. The van der Waals surface area contributed by atoms with Crippen LogP contribution in [0, 0.1) is 0 Å². The van der Waals surface area contributed by atoms with Crippen molar-refractivity contribution in [2.24, 2.45) is 0 Å². The summed E-state index contributed by atoms with van der Waals surface area (Å²) in [7, 11) is -2.53. The lowest BCUT2D eigenvalue weighted by atomic mass is 10.1. The van der Waals surface area contributed by atoms with Gasteiger partial charge in [-0.25, -0.2) is 8.42 Å². The van der Waals surface area contributed by atoms with E-state index in [-0.39, 0.29) is 10.8 Å². The average Bonchev–Trinajstić information content (AvgIpc) is 3.04. The van der Waals surface area contributed by atoms with Gasteiger partial charge in [0.1, 0.15) is 6.04 Å². The molecule has 0 bridgehead atoms. The molecule has 2 aliphatic heterocycles. The summed E-state index contributed by atoms with van der Waals surface area (Å²) in [5.74, 6) is -0.580. The largest absolute Gasteiger partial charge is 0.468 e. The summed E-state index contributed by atoms with van der Waals surface area (Å²) in [6, 6.07) is 4.04. The molecule has 0 aliphatic carbocycles. The van der Waals surface area contributed by atoms with E-state index in [1.807, 2.05) is 0 Å². The SMILES string of the molecule is COC(=O)[C@@H]1CCCCN1S(=O)(=O)c1ccc2c(c1)CCN2C(C)=O. The molecule has 8 heteroatoms. The predicted octanol–water partition coefficient (Wildman–Crippen LogP) is 1.31. The number of ether oxygens (including phenoxy) is 1. The van der Waals surface area contributed by atoms with Gasteiger partial charge < -0.3 is 9.64 Å². The van der Waals surface area contributed by atoms with E-state index in [2.05, 4.69) is 0 Å². The standard InChI is InChI=1S/C17H22N2O5S/c1-12(20)18-10-8-13-11-14(6-7-15(13)18)25(22,23)19-9-4-3-5-16(19)17(21)24-2/h6-7,11,16H,3-5,8-10H2,1-2H3/t16-/m0/s1. The summed E-state index contributed by atoms with van der Waals surface area (Å²) >= 11 is 0. The third-order valence-electron chi connectivity index (χ3n) is 4.86. The van der Waals surface area contributed by atoms with Gasteiger partial charge in [0.2, 0.25) is 15.9 Å². The first kappa shape index (κ1) is 17.9. The maximum absolute atomic E-state index is 13.1. The van der Waals surface area contributed by atoms with Crippen molar-refractivity contribution in [1.82, 2.24) is 4.31 Å². The molecule has 1 saturated heterocycles. The van der Waals surface area contributed by atoms with Gasteiger partial charge in [-0.3, -0.25) is 9.59 Å². The monoisotopic (exact) mass is 366 g/mol. The lowest BCUT2D eigenvalue weighted by molar-refractivity contribution is -0.146. The number of nitrogens with zero attached hydrogens (tertiary/aromatic N) is 2. The van der Waals surface area contributed by atoms with Crippen LogP contribution in [0.25, 0.3) is 0 Å². The second-order valence-electron chi connectivity index (χ2n) is 6.36. The summed E-state index contributed by atoms with van der Waals surface area (Å²) < 4.78 is 32.2. The third kappa shape index (κ3) is 3.16. The van der Waals surface area contributed by atoms with Crippen molar-refractivity contribution in [3.8, 4) is 0 Å². The highest BCUT2D eigenvalue weighted by atomic mass is 32.2. The molecule has 0 aromatic heterocycles. The Balaban J connectivity index is 1.95. The number of benzene rings is 1. The number of piperidine rings is 1. The van der Waals surface area contributed by atoms with E-state index in [9.17, 15) is 18.0 Å². The Morgan fingerprint density at radius 3 is 2.64 bits per heavy atom. The van der Waals surface area contributed by atoms with Gasteiger partial charge in [0, 0.05) is 25.7 Å². The molecule has 0 spiro atoms. The van der Waals surface area contributed by atoms with Crippen molar-refractivity contribution >= 4 is 27.6 Å². The van der Waals surface area contributed by atoms with E-state index in [4.69, 9.17) is 4.74 Å². The number of carbonyl (C=O) groups is 2. The van der Waals surface area contributed by atoms with Crippen LogP contribution < -0.4 is 4.90 Å². The van der Waals surface area contributed by atoms with E-state index >= 15 is 0 Å². The minimum atomic E-state index is -3.80. The fourth-order valence-electron chi connectivity index (χ4n) is 3.57. The number of carbonyl (C=O) groups excluding carboxylic acids is 2. The molecule has 1 aromatic rings. The van der Waals surface area contributed by atoms with Gasteiger partial charge in [-0.2, -0.15) is 4.31 Å². The molecule has 0 radical (unpaired) electrons. The summed E-state index contributed by atoms with van der Waals surface area (Å²) in [5, 5.41) is 0. The molecule has 1 amide bonds. The van der Waals surface area contributed by atoms with Crippen LogP contribution in [0.1, 0.15) is 31.7 Å². The molecule has 0 saturated carbocycles. The van der Waals surface area contributed by atoms with Crippen molar-refractivity contribution < 1.29 is 22.7 Å². The molecule has 0 unspecified atom stereocenters. The molecular formula is C17H22N2O5S. The quantitative estimate of drug-likeness (QED) is 0.753. The van der Waals surface area contributed by atoms with Crippen LogP contribution in [0.2, 0.25) is 0 Å². The van der Waals surface area contributed by atoms with Gasteiger partial charge in [-0.1, -0.05) is 0 Å². The second-order valence-corrected chi connectivity index (χ2v) is 8.25. The van der Waals surface area contributed by atoms with Crippen LogP contribution >= 0.6 is 0 Å². The maximum Gasteiger partial charge on any atom is 0.324 e. The first-order chi connectivity index (χ1) is 11.9. The molecule has 2 heterocycles. The molecule has 136 valence electrons. The van der Waals surface area contributed by atoms with Gasteiger partial charge in [0.25, 0.3) is 0 Å². The number of fused-ring (bicyclic) bond motifs is 1. The second kappa shape index (κ2) is 6.76. The van der Waals surface area contributed by atoms with Crippen LogP contribution in [0.5, 0.6) is 0 Å². The van der Waals surface area contributed by atoms with Crippen LogP contribution in [-0.2, 0) is 30.8 Å². The molecular weight excluding hydrogens is 344 g/mol. The molecule has 1 fully saturated rings. The maximum atomic E-state index is 13.1. The number of rotatable bonds is 3. The van der Waals surface area contributed by atoms with E-state index in [1.54, 1.807) is 17.0 Å². The van der Waals surface area contributed by atoms with E-state index in [1.165, 1.54) is 24.4 Å². The highest BCUT2D eigenvalue weighted by Gasteiger charge is 2.38. The number of esters is 1. The predicted molar refractivity (Wildman–Crippen MR) is 91.7 cm³/mol. The Hall–Kier alpha value is -1.93. The van der Waals surface area contributed by atoms with Crippen molar-refractivity contribution in [2.75, 3.05) is 25.1 Å². The lowest BCUT2D eigenvalue weighted by Gasteiger charge is -2.32. The van der Waals surface area contributed by atoms with Gasteiger partial charge in [0.05, 0.1) is 12.0 Å². The fraction of sp³-hybridized carbons (Fsp3) is 0.529. The van der Waals surface area contributed by atoms with Crippen LogP contribution in [0.15, 0.2) is 23.1 Å². The number of hydrogen-bond donors (Lipinski definition) is 0. The third-order valence-corrected chi connectivity index (χ3v) is 6.76. The topological polar surface area (TPSA) is 84.0 Å². The molecule has 25 heavy (non-hydrogen) atoms. The van der Waals surface area contributed by atoms with Gasteiger partial charge in [-0.15, -0.1) is 0 Å². The zero-order chi connectivity index (χ0) is 18.2. The van der Waals surface area contributed by atoms with E-state index in [0.717, 1.165) is 24.1 Å². The molecule has 7 nitrogen and oxygen atoms in total. The lowest BCUT2D eigenvalue weighted by Crippen LogP contribution is -2.48. The highest BCUT2D eigenvalue weighted by Crippen LogP contribution is 2.33. The van der Waals surface area contributed by atoms with Crippen molar-refractivity contribution in [1.29, 1.82) is 0 Å². The van der Waals surface area contributed by atoms with Crippen LogP contribution in [0.4, 0.5) is 5.69 Å². The van der Waals surface area contributed by atoms with Crippen LogP contribution in [0.3, 0.4) is 0 Å². The zero-order valence-corrected chi connectivity index (χ0v) is 15.2. The Morgan fingerprint density at radius 1 is 1.20 bits per heavy atom. The Morgan fingerprint density at radius 2 is 1.96 bits per heavy atom. The Kier molecular flexibility index (Phi) is 4.83. The molecule has 1 atom stereocenters. The zero-order valence-electron chi connectivity index (χ0n) is 14.4. The highest BCUT2D eigenvalue weighted by molar-refractivity contribution is 7.89. The fourth-order valence-corrected chi connectivity index (χ4v) is 5.26. The first-order valence-electron chi connectivity index (χ1n) is 8.37. The minimum Gasteiger partial charge on any atom is -0.468 e. The van der Waals surface area contributed by atoms with Crippen molar-refractivity contribution in [3.05, 3.63) is 23.8 Å². The molecule has 1 aromatic carbocycles. The first-order valence-corrected chi connectivity index (χ1v) is 9.81. The molecule has 0 N–H and O–H groups in total. The molecule has 3 rings (SSSR count). The Bertz CT molecular complexity index is 805. The summed E-state index contributed by atoms with van der Waals surface area (Å²) in [5.41, 5.74) is 1.59. The van der Waals surface area contributed by atoms with E-state index in [0.29, 0.717) is 25.9 Å². The van der Waals surface area contributed by atoms with Crippen molar-refractivity contribution in [3.63, 3.8) is 0 Å². The smallest absolute Gasteiger partial charge is 0.324 e. The molecule has 2 aliphatic rings. The number of anilines is 1. The minimum absolute atomic E-state index is 0.0591. The number of methoxy groups -OCH3 is 1. The van der Waals surface area contributed by atoms with E-state index < -0.39 is 22.0 Å². The average molecular weight is 366 g/mol.